The lowest BCUT2D eigenvalue weighted by molar-refractivity contribution is -0.305. The van der Waals surface area contributed by atoms with E-state index in [0.29, 0.717) is 6.42 Å². The zero-order chi connectivity index (χ0) is 31.7. The van der Waals surface area contributed by atoms with Crippen LogP contribution in [0, 0.1) is 0 Å². The van der Waals surface area contributed by atoms with E-state index in [1.54, 1.807) is 0 Å². The van der Waals surface area contributed by atoms with Gasteiger partial charge in [0.2, 0.25) is 0 Å². The van der Waals surface area contributed by atoms with Crippen LogP contribution in [-0.4, -0.2) is 89.0 Å². The lowest BCUT2D eigenvalue weighted by Gasteiger charge is -2.39. The molecule has 6 atom stereocenters. The number of ether oxygens (including phenoxy) is 4. The van der Waals surface area contributed by atoms with E-state index in [1.165, 1.54) is 32.1 Å². The average molecular weight is 617 g/mol. The first kappa shape index (κ1) is 39.5. The molecule has 0 aromatic heterocycles. The Labute approximate surface area is 259 Å². The first-order valence-corrected chi connectivity index (χ1v) is 16.8. The van der Waals surface area contributed by atoms with Gasteiger partial charge in [0.05, 0.1) is 13.2 Å². The van der Waals surface area contributed by atoms with E-state index < -0.39 is 49.4 Å². The van der Waals surface area contributed by atoms with Crippen LogP contribution < -0.4 is 0 Å². The molecular weight excluding hydrogens is 556 g/mol. The fourth-order valence-electron chi connectivity index (χ4n) is 4.87. The summed E-state index contributed by atoms with van der Waals surface area (Å²) < 4.78 is 21.9. The van der Waals surface area contributed by atoms with Crippen LogP contribution in [0.1, 0.15) is 129 Å². The molecule has 1 aliphatic heterocycles. The molecule has 1 aliphatic rings. The van der Waals surface area contributed by atoms with Crippen molar-refractivity contribution in [3.63, 3.8) is 0 Å². The highest BCUT2D eigenvalue weighted by atomic mass is 16.7. The fraction of sp³-hybridized carbons (Fsp3) is 0.879. The van der Waals surface area contributed by atoms with Gasteiger partial charge in [-0.2, -0.15) is 0 Å². The Hall–Kier alpha value is -1.56. The van der Waals surface area contributed by atoms with Gasteiger partial charge in [-0.15, -0.1) is 0 Å². The number of carbonyl (C=O) groups excluding carboxylic acids is 2. The Morgan fingerprint density at radius 3 is 1.88 bits per heavy atom. The van der Waals surface area contributed by atoms with Crippen LogP contribution in [0.2, 0.25) is 0 Å². The molecule has 1 saturated heterocycles. The SMILES string of the molecule is CCCC/C=C/CCCCCCCC(=O)OC[C@H](CO[C@@H]1O[C@H](CO)[C@H](O)C(O)C1O)OC(=O)CCCCCCCCC. The predicted molar refractivity (Wildman–Crippen MR) is 164 cm³/mol. The van der Waals surface area contributed by atoms with Crippen molar-refractivity contribution in [1.29, 1.82) is 0 Å². The van der Waals surface area contributed by atoms with E-state index in [1.807, 2.05) is 0 Å². The number of hydrogen-bond donors (Lipinski definition) is 4. The molecule has 4 N–H and O–H groups in total. The molecule has 252 valence electrons. The monoisotopic (exact) mass is 616 g/mol. The Kier molecular flexibility index (Phi) is 23.6. The number of hydrogen-bond acceptors (Lipinski definition) is 10. The summed E-state index contributed by atoms with van der Waals surface area (Å²) >= 11 is 0. The van der Waals surface area contributed by atoms with E-state index in [0.717, 1.165) is 64.2 Å². The van der Waals surface area contributed by atoms with Gasteiger partial charge < -0.3 is 39.4 Å². The Morgan fingerprint density at radius 1 is 0.698 bits per heavy atom. The van der Waals surface area contributed by atoms with Crippen LogP contribution in [0.4, 0.5) is 0 Å². The maximum Gasteiger partial charge on any atom is 0.306 e. The molecule has 0 saturated carbocycles. The third-order valence-corrected chi connectivity index (χ3v) is 7.65. The van der Waals surface area contributed by atoms with Crippen molar-refractivity contribution < 1.29 is 49.0 Å². The molecule has 43 heavy (non-hydrogen) atoms. The Bertz CT molecular complexity index is 728. The third kappa shape index (κ3) is 18.8. The van der Waals surface area contributed by atoms with E-state index >= 15 is 0 Å². The second kappa shape index (κ2) is 25.7. The quantitative estimate of drug-likeness (QED) is 0.0601. The van der Waals surface area contributed by atoms with Crippen LogP contribution in [0.3, 0.4) is 0 Å². The molecule has 2 unspecified atom stereocenters. The van der Waals surface area contributed by atoms with Crippen LogP contribution in [-0.2, 0) is 28.5 Å². The Morgan fingerprint density at radius 2 is 1.26 bits per heavy atom. The molecule has 0 spiro atoms. The molecule has 0 radical (unpaired) electrons. The van der Waals surface area contributed by atoms with Crippen LogP contribution in [0.15, 0.2) is 12.2 Å². The topological polar surface area (TPSA) is 152 Å². The lowest BCUT2D eigenvalue weighted by Crippen LogP contribution is -2.59. The van der Waals surface area contributed by atoms with Crippen LogP contribution in [0.5, 0.6) is 0 Å². The number of rotatable bonds is 26. The van der Waals surface area contributed by atoms with Crippen molar-refractivity contribution in [3.8, 4) is 0 Å². The minimum absolute atomic E-state index is 0.219. The van der Waals surface area contributed by atoms with E-state index in [-0.39, 0.29) is 32.0 Å². The van der Waals surface area contributed by atoms with Gasteiger partial charge >= 0.3 is 11.9 Å². The molecule has 1 fully saturated rings. The molecule has 0 aromatic rings. The number of aliphatic hydroxyl groups excluding tert-OH is 4. The fourth-order valence-corrected chi connectivity index (χ4v) is 4.87. The number of carbonyl (C=O) groups is 2. The minimum atomic E-state index is -1.59. The summed E-state index contributed by atoms with van der Waals surface area (Å²) in [6, 6.07) is 0. The van der Waals surface area contributed by atoms with Crippen molar-refractivity contribution in [3.05, 3.63) is 12.2 Å². The number of unbranched alkanes of at least 4 members (excludes halogenated alkanes) is 13. The highest BCUT2D eigenvalue weighted by Crippen LogP contribution is 2.22. The van der Waals surface area contributed by atoms with E-state index in [9.17, 15) is 30.0 Å². The highest BCUT2D eigenvalue weighted by molar-refractivity contribution is 5.70. The van der Waals surface area contributed by atoms with Gasteiger partial charge in [0.25, 0.3) is 0 Å². The number of allylic oxidation sites excluding steroid dienone is 2. The highest BCUT2D eigenvalue weighted by Gasteiger charge is 2.44. The zero-order valence-electron chi connectivity index (χ0n) is 26.7. The molecule has 0 bridgehead atoms. The molecule has 10 heteroatoms. The summed E-state index contributed by atoms with van der Waals surface area (Å²) in [4.78, 5) is 24.9. The minimum Gasteiger partial charge on any atom is -0.462 e. The summed E-state index contributed by atoms with van der Waals surface area (Å²) in [7, 11) is 0. The van der Waals surface area contributed by atoms with Gasteiger partial charge in [-0.25, -0.2) is 0 Å². The van der Waals surface area contributed by atoms with Gasteiger partial charge in [0.1, 0.15) is 31.0 Å². The average Bonchev–Trinajstić information content (AvgIpc) is 3.00. The largest absolute Gasteiger partial charge is 0.462 e. The second-order valence-corrected chi connectivity index (χ2v) is 11.6. The standard InChI is InChI=1S/C33H60O10/c1-3-5-7-9-11-12-13-14-16-17-19-21-28(35)40-24-26(42-29(36)22-20-18-15-10-8-6-4-2)25-41-33-32(39)31(38)30(37)27(23-34)43-33/h9,11,26-27,30-34,37-39H,3-8,10,12-25H2,1-2H3/b11-9+/t26-,27-,30+,31?,32?,33-/m1/s1. The first-order chi connectivity index (χ1) is 20.8. The molecular formula is C33H60O10. The summed E-state index contributed by atoms with van der Waals surface area (Å²) in [6.45, 7) is 3.28. The summed E-state index contributed by atoms with van der Waals surface area (Å²) in [5, 5.41) is 39.6. The lowest BCUT2D eigenvalue weighted by atomic mass is 9.99. The summed E-state index contributed by atoms with van der Waals surface area (Å²) in [5.74, 6) is -0.827. The van der Waals surface area contributed by atoms with Crippen LogP contribution >= 0.6 is 0 Å². The zero-order valence-corrected chi connectivity index (χ0v) is 26.7. The second-order valence-electron chi connectivity index (χ2n) is 11.6. The third-order valence-electron chi connectivity index (χ3n) is 7.65. The molecule has 0 aliphatic carbocycles. The van der Waals surface area contributed by atoms with Crippen molar-refractivity contribution in [1.82, 2.24) is 0 Å². The van der Waals surface area contributed by atoms with Crippen molar-refractivity contribution >= 4 is 11.9 Å². The molecule has 1 rings (SSSR count). The number of esters is 2. The molecule has 0 amide bonds. The Balaban J connectivity index is 2.45. The molecule has 10 nitrogen and oxygen atoms in total. The van der Waals surface area contributed by atoms with Gasteiger partial charge in [0.15, 0.2) is 12.4 Å². The summed E-state index contributed by atoms with van der Waals surface area (Å²) in [6.07, 6.45) is 14.0. The van der Waals surface area contributed by atoms with Gasteiger partial charge in [-0.3, -0.25) is 9.59 Å². The molecule has 1 heterocycles. The van der Waals surface area contributed by atoms with Gasteiger partial charge in [0, 0.05) is 12.8 Å². The van der Waals surface area contributed by atoms with Crippen molar-refractivity contribution in [2.75, 3.05) is 19.8 Å². The van der Waals surface area contributed by atoms with E-state index in [2.05, 4.69) is 26.0 Å². The van der Waals surface area contributed by atoms with Crippen molar-refractivity contribution in [2.24, 2.45) is 0 Å². The normalized spacial score (nSPS) is 23.0. The van der Waals surface area contributed by atoms with E-state index in [4.69, 9.17) is 18.9 Å². The first-order valence-electron chi connectivity index (χ1n) is 16.8. The maximum absolute atomic E-state index is 12.5. The number of aliphatic hydroxyl groups is 4. The smallest absolute Gasteiger partial charge is 0.306 e. The molecule has 0 aromatic carbocycles. The summed E-state index contributed by atoms with van der Waals surface area (Å²) in [5.41, 5.74) is 0. The van der Waals surface area contributed by atoms with Crippen molar-refractivity contribution in [2.45, 2.75) is 166 Å². The van der Waals surface area contributed by atoms with Gasteiger partial charge in [-0.05, 0) is 32.1 Å². The van der Waals surface area contributed by atoms with Gasteiger partial charge in [-0.1, -0.05) is 96.6 Å². The van der Waals surface area contributed by atoms with Crippen LogP contribution in [0.25, 0.3) is 0 Å². The maximum atomic E-state index is 12.5. The predicted octanol–water partition coefficient (Wildman–Crippen LogP) is 4.88.